The Balaban J connectivity index is 2.19. The summed E-state index contributed by atoms with van der Waals surface area (Å²) in [5.74, 6) is 7.05. The van der Waals surface area contributed by atoms with Crippen LogP contribution in [0.1, 0.15) is 21.9 Å². The van der Waals surface area contributed by atoms with Crippen molar-refractivity contribution in [1.29, 1.82) is 0 Å². The first-order valence-electron chi connectivity index (χ1n) is 5.76. The van der Waals surface area contributed by atoms with Crippen LogP contribution in [0.3, 0.4) is 0 Å². The van der Waals surface area contributed by atoms with Crippen LogP contribution in [-0.4, -0.2) is 5.75 Å². The van der Waals surface area contributed by atoms with Crippen molar-refractivity contribution in [1.82, 2.24) is 0 Å². The molecule has 1 aliphatic heterocycles. The molecule has 2 aromatic heterocycles. The number of hydrogen-bond acceptors (Lipinski definition) is 3. The zero-order chi connectivity index (χ0) is 13.2. The fraction of sp³-hybridized carbons (Fsp3) is 0.125. The second kappa shape index (κ2) is 5.31. The molecule has 0 aromatic carbocycles. The largest absolute Gasteiger partial charge is 0.152 e. The van der Waals surface area contributed by atoms with Gasteiger partial charge in [0.2, 0.25) is 0 Å². The van der Waals surface area contributed by atoms with E-state index in [0.29, 0.717) is 5.92 Å². The zero-order valence-electron chi connectivity index (χ0n) is 10.1. The van der Waals surface area contributed by atoms with Gasteiger partial charge < -0.3 is 0 Å². The number of thiophene rings is 2. The van der Waals surface area contributed by atoms with Gasteiger partial charge in [0, 0.05) is 22.1 Å². The summed E-state index contributed by atoms with van der Waals surface area (Å²) >= 11 is 5.25. The molecule has 0 saturated carbocycles. The molecule has 3 heterocycles. The van der Waals surface area contributed by atoms with Crippen molar-refractivity contribution in [2.24, 2.45) is 0 Å². The summed E-state index contributed by atoms with van der Waals surface area (Å²) < 4.78 is 0. The van der Waals surface area contributed by atoms with Crippen LogP contribution in [0.15, 0.2) is 28.3 Å². The van der Waals surface area contributed by atoms with Gasteiger partial charge in [-0.05, 0) is 22.2 Å². The Bertz CT molecular complexity index is 702. The summed E-state index contributed by atoms with van der Waals surface area (Å²) in [5, 5.41) is 6.33. The molecule has 0 aliphatic carbocycles. The minimum atomic E-state index is 0.403. The van der Waals surface area contributed by atoms with Crippen molar-refractivity contribution in [2.45, 2.75) is 5.92 Å². The topological polar surface area (TPSA) is 0 Å². The highest BCUT2D eigenvalue weighted by atomic mass is 32.2. The lowest BCUT2D eigenvalue weighted by Gasteiger charge is -2.04. The van der Waals surface area contributed by atoms with Crippen LogP contribution in [0.4, 0.5) is 0 Å². The van der Waals surface area contributed by atoms with Gasteiger partial charge in [0.05, 0.1) is 16.0 Å². The molecule has 1 unspecified atom stereocenters. The van der Waals surface area contributed by atoms with Crippen LogP contribution < -0.4 is 0 Å². The maximum Gasteiger partial charge on any atom is 0.0589 e. The molecular formula is C16H10S3. The van der Waals surface area contributed by atoms with Gasteiger partial charge in [-0.2, -0.15) is 11.3 Å². The molecule has 0 saturated heterocycles. The van der Waals surface area contributed by atoms with E-state index in [1.165, 1.54) is 10.4 Å². The number of rotatable bonds is 2. The molecule has 0 radical (unpaired) electrons. The molecule has 0 amide bonds. The van der Waals surface area contributed by atoms with E-state index >= 15 is 0 Å². The first-order valence-corrected chi connectivity index (χ1v) is 8.56. The zero-order valence-corrected chi connectivity index (χ0v) is 12.5. The molecule has 0 nitrogen and oxygen atoms in total. The van der Waals surface area contributed by atoms with Crippen LogP contribution >= 0.6 is 34.4 Å². The summed E-state index contributed by atoms with van der Waals surface area (Å²) in [7, 11) is 0. The first kappa shape index (κ1) is 12.6. The average Bonchev–Trinajstić information content (AvgIpc) is 3.16. The Hall–Kier alpha value is -1.39. The van der Waals surface area contributed by atoms with E-state index < -0.39 is 0 Å². The third kappa shape index (κ3) is 2.15. The molecule has 19 heavy (non-hydrogen) atoms. The summed E-state index contributed by atoms with van der Waals surface area (Å²) in [4.78, 5) is 2.37. The number of thioether (sulfide) groups is 1. The minimum absolute atomic E-state index is 0.403. The molecule has 3 heteroatoms. The second-order valence-electron chi connectivity index (χ2n) is 4.11. The highest BCUT2D eigenvalue weighted by molar-refractivity contribution is 8.02. The molecule has 3 rings (SSSR count). The molecule has 0 spiro atoms. The monoisotopic (exact) mass is 298 g/mol. The Morgan fingerprint density at radius 3 is 2.63 bits per heavy atom. The predicted octanol–water partition coefficient (Wildman–Crippen LogP) is 4.78. The lowest BCUT2D eigenvalue weighted by Crippen LogP contribution is -1.94. The van der Waals surface area contributed by atoms with Gasteiger partial charge in [-0.25, -0.2) is 0 Å². The Morgan fingerprint density at radius 1 is 1.21 bits per heavy atom. The lowest BCUT2D eigenvalue weighted by molar-refractivity contribution is 1.03. The normalized spacial score (nSPS) is 17.3. The number of allylic oxidation sites excluding steroid dienone is 1. The molecule has 0 bridgehead atoms. The van der Waals surface area contributed by atoms with Crippen LogP contribution in [0, 0.1) is 24.7 Å². The third-order valence-corrected chi connectivity index (χ3v) is 5.98. The van der Waals surface area contributed by atoms with E-state index in [4.69, 9.17) is 12.8 Å². The van der Waals surface area contributed by atoms with E-state index in [2.05, 4.69) is 40.2 Å². The van der Waals surface area contributed by atoms with Crippen molar-refractivity contribution in [3.05, 3.63) is 44.3 Å². The van der Waals surface area contributed by atoms with E-state index in [-0.39, 0.29) is 0 Å². The van der Waals surface area contributed by atoms with Crippen molar-refractivity contribution >= 4 is 34.4 Å². The minimum Gasteiger partial charge on any atom is -0.152 e. The van der Waals surface area contributed by atoms with Crippen molar-refractivity contribution in [3.63, 3.8) is 0 Å². The smallest absolute Gasteiger partial charge is 0.0589 e. The molecule has 0 fully saturated rings. The quantitative estimate of drug-likeness (QED) is 0.719. The number of hydrogen-bond donors (Lipinski definition) is 0. The maximum atomic E-state index is 5.69. The first-order chi connectivity index (χ1) is 9.35. The van der Waals surface area contributed by atoms with Crippen molar-refractivity contribution < 1.29 is 0 Å². The van der Waals surface area contributed by atoms with Gasteiger partial charge in [0.1, 0.15) is 0 Å². The summed E-state index contributed by atoms with van der Waals surface area (Å²) in [5.41, 5.74) is 2.97. The van der Waals surface area contributed by atoms with Gasteiger partial charge >= 0.3 is 0 Å². The van der Waals surface area contributed by atoms with E-state index in [9.17, 15) is 0 Å². The molecule has 1 atom stereocenters. The van der Waals surface area contributed by atoms with E-state index in [0.717, 1.165) is 21.8 Å². The van der Waals surface area contributed by atoms with Gasteiger partial charge in [0.15, 0.2) is 0 Å². The third-order valence-electron chi connectivity index (χ3n) is 3.03. The van der Waals surface area contributed by atoms with Crippen LogP contribution in [0.2, 0.25) is 0 Å². The second-order valence-corrected chi connectivity index (χ2v) is 6.89. The highest BCUT2D eigenvalue weighted by Gasteiger charge is 2.23. The van der Waals surface area contributed by atoms with Gasteiger partial charge in [-0.3, -0.25) is 0 Å². The van der Waals surface area contributed by atoms with Gasteiger partial charge in [-0.15, -0.1) is 35.9 Å². The van der Waals surface area contributed by atoms with Crippen LogP contribution in [0.5, 0.6) is 0 Å². The van der Waals surface area contributed by atoms with E-state index in [1.807, 2.05) is 11.8 Å². The Kier molecular flexibility index (Phi) is 3.53. The summed E-state index contributed by atoms with van der Waals surface area (Å²) in [6, 6.07) is 2.10. The summed E-state index contributed by atoms with van der Waals surface area (Å²) in [6.45, 7) is 0. The molecule has 0 N–H and O–H groups in total. The molecule has 1 aliphatic rings. The van der Waals surface area contributed by atoms with Crippen LogP contribution in [-0.2, 0) is 0 Å². The Labute approximate surface area is 125 Å². The lowest BCUT2D eigenvalue weighted by atomic mass is 10.0. The van der Waals surface area contributed by atoms with Crippen molar-refractivity contribution in [3.8, 4) is 35.1 Å². The standard InChI is InChI=1S/C16H10S3/c1-3-13-14(4-2)16(12-6-8-18-10-12)19-15(13)11-5-7-17-9-11/h1-2,5-9,12H,10H2. The van der Waals surface area contributed by atoms with Crippen molar-refractivity contribution in [2.75, 3.05) is 5.75 Å². The average molecular weight is 298 g/mol. The Morgan fingerprint density at radius 2 is 2.05 bits per heavy atom. The predicted molar refractivity (Wildman–Crippen MR) is 87.8 cm³/mol. The van der Waals surface area contributed by atoms with E-state index in [1.54, 1.807) is 22.7 Å². The van der Waals surface area contributed by atoms with Gasteiger partial charge in [0.25, 0.3) is 0 Å². The molecule has 92 valence electrons. The maximum absolute atomic E-state index is 5.69. The highest BCUT2D eigenvalue weighted by Crippen LogP contribution is 2.43. The summed E-state index contributed by atoms with van der Waals surface area (Å²) in [6.07, 6.45) is 13.6. The molecule has 2 aromatic rings. The number of terminal acetylenes is 2. The fourth-order valence-corrected chi connectivity index (χ4v) is 5.14. The fourth-order valence-electron chi connectivity index (χ4n) is 2.12. The van der Waals surface area contributed by atoms with Crippen LogP contribution in [0.25, 0.3) is 10.4 Å². The molecular weight excluding hydrogens is 288 g/mol. The van der Waals surface area contributed by atoms with Gasteiger partial charge in [-0.1, -0.05) is 17.9 Å². The SMILES string of the molecule is C#Cc1c(-c2ccsc2)sc(C2C=CSC2)c1C#C.